The Hall–Kier alpha value is -3.21. The second kappa shape index (κ2) is 8.45. The minimum absolute atomic E-state index is 0.0515. The maximum Gasteiger partial charge on any atom is 0.246 e. The molecule has 5 nitrogen and oxygen atoms in total. The number of benzene rings is 2. The molecular weight excluding hydrogens is 338 g/mol. The molecule has 27 heavy (non-hydrogen) atoms. The molecule has 5 heteroatoms. The first-order chi connectivity index (χ1) is 13.1. The molecule has 0 spiro atoms. The van der Waals surface area contributed by atoms with E-state index in [1.165, 1.54) is 0 Å². The molecule has 1 aromatic heterocycles. The van der Waals surface area contributed by atoms with E-state index in [1.54, 1.807) is 6.92 Å². The number of fused-ring (bicyclic) bond motifs is 1. The lowest BCUT2D eigenvalue weighted by atomic mass is 10.1. The number of nitrogens with zero attached hydrogens (tertiary/aromatic N) is 2. The third kappa shape index (κ3) is 4.50. The summed E-state index contributed by atoms with van der Waals surface area (Å²) < 4.78 is 1.98. The molecule has 1 heterocycles. The monoisotopic (exact) mass is 361 g/mol. The first-order valence-electron chi connectivity index (χ1n) is 9.02. The summed E-state index contributed by atoms with van der Waals surface area (Å²) in [5.41, 5.74) is 3.01. The van der Waals surface area contributed by atoms with Crippen molar-refractivity contribution in [1.82, 2.24) is 14.9 Å². The van der Waals surface area contributed by atoms with Gasteiger partial charge in [0.1, 0.15) is 5.82 Å². The molecule has 3 aromatic rings. The van der Waals surface area contributed by atoms with Gasteiger partial charge >= 0.3 is 0 Å². The molecule has 2 aromatic carbocycles. The summed E-state index contributed by atoms with van der Waals surface area (Å²) in [4.78, 5) is 29.0. The number of hydrogen-bond acceptors (Lipinski definition) is 3. The normalized spacial score (nSPS) is 10.7. The van der Waals surface area contributed by atoms with Crippen LogP contribution in [0.2, 0.25) is 0 Å². The predicted octanol–water partition coefficient (Wildman–Crippen LogP) is 3.54. The van der Waals surface area contributed by atoms with Crippen LogP contribution in [0.25, 0.3) is 11.0 Å². The average Bonchev–Trinajstić information content (AvgIpc) is 3.03. The number of Topliss-reactive ketones (excluding diaryl/α,β-unsaturated/α-hetero) is 1. The van der Waals surface area contributed by atoms with E-state index in [1.807, 2.05) is 59.2 Å². The summed E-state index contributed by atoms with van der Waals surface area (Å²) in [6, 6.07) is 17.1. The van der Waals surface area contributed by atoms with Crippen LogP contribution in [-0.2, 0) is 17.8 Å². The van der Waals surface area contributed by atoms with Gasteiger partial charge in [-0.3, -0.25) is 9.59 Å². The van der Waals surface area contributed by atoms with E-state index < -0.39 is 0 Å². The van der Waals surface area contributed by atoms with Crippen molar-refractivity contribution in [3.8, 4) is 0 Å². The summed E-state index contributed by atoms with van der Waals surface area (Å²) in [7, 11) is 0. The van der Waals surface area contributed by atoms with Crippen molar-refractivity contribution in [2.75, 3.05) is 6.54 Å². The van der Waals surface area contributed by atoms with E-state index in [0.717, 1.165) is 23.3 Å². The lowest BCUT2D eigenvalue weighted by Crippen LogP contribution is -2.25. The van der Waals surface area contributed by atoms with Crippen molar-refractivity contribution in [2.45, 2.75) is 26.3 Å². The number of hydrogen-bond donors (Lipinski definition) is 1. The third-order valence-electron chi connectivity index (χ3n) is 4.38. The fourth-order valence-corrected chi connectivity index (χ4v) is 2.95. The van der Waals surface area contributed by atoms with E-state index in [2.05, 4.69) is 11.9 Å². The summed E-state index contributed by atoms with van der Waals surface area (Å²) in [6.45, 7) is 6.11. The molecule has 0 aliphatic rings. The molecule has 0 saturated heterocycles. The van der Waals surface area contributed by atoms with Crippen LogP contribution in [0.5, 0.6) is 0 Å². The Morgan fingerprint density at radius 3 is 2.52 bits per heavy atom. The predicted molar refractivity (Wildman–Crippen MR) is 107 cm³/mol. The van der Waals surface area contributed by atoms with Gasteiger partial charge in [-0.15, -0.1) is 0 Å². The second-order valence-corrected chi connectivity index (χ2v) is 6.53. The molecule has 0 bridgehead atoms. The first-order valence-corrected chi connectivity index (χ1v) is 9.02. The lowest BCUT2D eigenvalue weighted by molar-refractivity contribution is -0.117. The highest BCUT2D eigenvalue weighted by Crippen LogP contribution is 2.18. The molecule has 138 valence electrons. The van der Waals surface area contributed by atoms with Gasteiger partial charge in [-0.2, -0.15) is 0 Å². The molecule has 3 rings (SSSR count). The molecule has 0 atom stereocenters. The van der Waals surface area contributed by atoms with Gasteiger partial charge in [0.2, 0.25) is 5.91 Å². The third-order valence-corrected chi connectivity index (χ3v) is 4.38. The van der Waals surface area contributed by atoms with Crippen molar-refractivity contribution in [2.24, 2.45) is 0 Å². The highest BCUT2D eigenvalue weighted by Gasteiger charge is 2.14. The van der Waals surface area contributed by atoms with Crippen molar-refractivity contribution in [3.63, 3.8) is 0 Å². The van der Waals surface area contributed by atoms with E-state index in [9.17, 15) is 9.59 Å². The molecule has 1 amide bonds. The summed E-state index contributed by atoms with van der Waals surface area (Å²) in [6.07, 6.45) is 1.41. The van der Waals surface area contributed by atoms with E-state index >= 15 is 0 Å². The maximum atomic E-state index is 12.7. The molecule has 1 N–H and O–H groups in total. The molecule has 0 radical (unpaired) electrons. The van der Waals surface area contributed by atoms with Gasteiger partial charge in [0.15, 0.2) is 5.78 Å². The number of nitrogens with one attached hydrogen (secondary N) is 1. The largest absolute Gasteiger partial charge is 0.352 e. The van der Waals surface area contributed by atoms with Crippen LogP contribution in [0.15, 0.2) is 66.7 Å². The lowest BCUT2D eigenvalue weighted by Gasteiger charge is -2.09. The number of ketones is 1. The number of imidazole rings is 1. The Labute approximate surface area is 158 Å². The van der Waals surface area contributed by atoms with Crippen LogP contribution >= 0.6 is 0 Å². The average molecular weight is 361 g/mol. The van der Waals surface area contributed by atoms with E-state index in [0.29, 0.717) is 24.1 Å². The van der Waals surface area contributed by atoms with Gasteiger partial charge in [0.25, 0.3) is 0 Å². The summed E-state index contributed by atoms with van der Waals surface area (Å²) in [5.74, 6) is 0.767. The molecule has 0 saturated carbocycles. The number of aromatic nitrogens is 2. The van der Waals surface area contributed by atoms with Gasteiger partial charge < -0.3 is 9.88 Å². The zero-order chi connectivity index (χ0) is 19.2. The van der Waals surface area contributed by atoms with Crippen LogP contribution in [0.3, 0.4) is 0 Å². The van der Waals surface area contributed by atoms with Crippen LogP contribution < -0.4 is 5.32 Å². The molecule has 0 aliphatic heterocycles. The minimum Gasteiger partial charge on any atom is -0.352 e. The molecular formula is C22H23N3O2. The number of rotatable bonds is 8. The van der Waals surface area contributed by atoms with Crippen molar-refractivity contribution >= 4 is 22.7 Å². The minimum atomic E-state index is -0.136. The first kappa shape index (κ1) is 18.6. The SMILES string of the molecule is C=C(C)C(=O)NCCCc1nc2ccccc2n1CC(=O)c1ccccc1. The number of para-hydroxylation sites is 2. The Balaban J connectivity index is 1.76. The Morgan fingerprint density at radius 1 is 1.07 bits per heavy atom. The van der Waals surface area contributed by atoms with Gasteiger partial charge in [-0.05, 0) is 25.5 Å². The smallest absolute Gasteiger partial charge is 0.246 e. The van der Waals surface area contributed by atoms with Gasteiger partial charge in [0, 0.05) is 24.1 Å². The van der Waals surface area contributed by atoms with Crippen molar-refractivity contribution in [3.05, 3.63) is 78.1 Å². The molecule has 0 aliphatic carbocycles. The Kier molecular flexibility index (Phi) is 5.81. The number of aryl methyl sites for hydroxylation is 1. The van der Waals surface area contributed by atoms with Crippen LogP contribution in [-0.4, -0.2) is 27.8 Å². The quantitative estimate of drug-likeness (QED) is 0.379. The standard InChI is InChI=1S/C22H23N3O2/c1-16(2)22(27)23-14-8-13-21-24-18-11-6-7-12-19(18)25(21)15-20(26)17-9-4-3-5-10-17/h3-7,9-12H,1,8,13-15H2,2H3,(H,23,27). The van der Waals surface area contributed by atoms with Gasteiger partial charge in [-0.25, -0.2) is 4.98 Å². The zero-order valence-electron chi connectivity index (χ0n) is 15.4. The van der Waals surface area contributed by atoms with E-state index in [-0.39, 0.29) is 18.2 Å². The second-order valence-electron chi connectivity index (χ2n) is 6.53. The maximum absolute atomic E-state index is 12.7. The number of carbonyl (C=O) groups is 2. The summed E-state index contributed by atoms with van der Waals surface area (Å²) >= 11 is 0. The fraction of sp³-hybridized carbons (Fsp3) is 0.227. The zero-order valence-corrected chi connectivity index (χ0v) is 15.4. The van der Waals surface area contributed by atoms with Crippen LogP contribution in [0, 0.1) is 0 Å². The van der Waals surface area contributed by atoms with Gasteiger partial charge in [0.05, 0.1) is 17.6 Å². The fourth-order valence-electron chi connectivity index (χ4n) is 2.95. The molecule has 0 fully saturated rings. The Bertz CT molecular complexity index is 974. The Morgan fingerprint density at radius 2 is 1.78 bits per heavy atom. The van der Waals surface area contributed by atoms with Gasteiger partial charge in [-0.1, -0.05) is 49.0 Å². The molecule has 0 unspecified atom stereocenters. The van der Waals surface area contributed by atoms with Crippen LogP contribution in [0.1, 0.15) is 29.5 Å². The highest BCUT2D eigenvalue weighted by molar-refractivity contribution is 5.96. The van der Waals surface area contributed by atoms with E-state index in [4.69, 9.17) is 4.98 Å². The highest BCUT2D eigenvalue weighted by atomic mass is 16.1. The van der Waals surface area contributed by atoms with Crippen molar-refractivity contribution in [1.29, 1.82) is 0 Å². The number of carbonyl (C=O) groups excluding carboxylic acids is 2. The number of amides is 1. The van der Waals surface area contributed by atoms with Crippen LogP contribution in [0.4, 0.5) is 0 Å². The summed E-state index contributed by atoms with van der Waals surface area (Å²) in [5, 5.41) is 2.83. The topological polar surface area (TPSA) is 64.0 Å². The van der Waals surface area contributed by atoms with Crippen molar-refractivity contribution < 1.29 is 9.59 Å².